The number of nitrogens with zero attached hydrogens (tertiary/aromatic N) is 1. The van der Waals surface area contributed by atoms with Gasteiger partial charge in [-0.05, 0) is 66.5 Å². The number of aliphatic hydroxyl groups excluding tert-OH is 1. The highest BCUT2D eigenvalue weighted by molar-refractivity contribution is 5.78. The predicted octanol–water partition coefficient (Wildman–Crippen LogP) is 3.45. The molecule has 1 aromatic heterocycles. The van der Waals surface area contributed by atoms with E-state index in [2.05, 4.69) is 40.6 Å². The highest BCUT2D eigenvalue weighted by Crippen LogP contribution is 2.64. The van der Waals surface area contributed by atoms with E-state index >= 15 is 0 Å². The maximum atomic E-state index is 13.1. The molecule has 4 nitrogen and oxygen atoms in total. The first-order valence-electron chi connectivity index (χ1n) is 10.6. The molecule has 0 unspecified atom stereocenters. The lowest BCUT2D eigenvalue weighted by Crippen LogP contribution is -2.61. The van der Waals surface area contributed by atoms with Gasteiger partial charge in [-0.2, -0.15) is 0 Å². The maximum absolute atomic E-state index is 13.1. The van der Waals surface area contributed by atoms with Gasteiger partial charge in [0, 0.05) is 30.8 Å². The fraction of sp³-hybridized carbons (Fsp3) is 0.500. The van der Waals surface area contributed by atoms with Crippen LogP contribution in [0.15, 0.2) is 54.9 Å². The van der Waals surface area contributed by atoms with E-state index in [1.165, 1.54) is 5.56 Å². The molecule has 0 radical (unpaired) electrons. The van der Waals surface area contributed by atoms with Gasteiger partial charge in [0.15, 0.2) is 0 Å². The molecule has 4 aliphatic carbocycles. The maximum Gasteiger partial charge on any atom is 0.221 e. The number of amides is 1. The molecule has 2 N–H and O–H groups in total. The molecule has 1 aromatic carbocycles. The van der Waals surface area contributed by atoms with Crippen molar-refractivity contribution in [3.8, 4) is 0 Å². The summed E-state index contributed by atoms with van der Waals surface area (Å²) in [6, 6.07) is 14.6. The van der Waals surface area contributed by atoms with Gasteiger partial charge >= 0.3 is 0 Å². The minimum Gasteiger partial charge on any atom is -0.393 e. The van der Waals surface area contributed by atoms with Crippen molar-refractivity contribution >= 4 is 5.91 Å². The number of nitrogens with one attached hydrogen (secondary N) is 1. The number of carbonyl (C=O) groups is 1. The summed E-state index contributed by atoms with van der Waals surface area (Å²) in [5.74, 6) is 1.96. The number of benzene rings is 1. The molecule has 0 saturated heterocycles. The van der Waals surface area contributed by atoms with Crippen molar-refractivity contribution in [2.45, 2.75) is 50.2 Å². The van der Waals surface area contributed by atoms with Crippen LogP contribution in [0.4, 0.5) is 0 Å². The second-order valence-corrected chi connectivity index (χ2v) is 9.07. The standard InChI is InChI=1S/C24H28N2O2/c27-22(26-15-16-5-4-8-25-14-16)13-24(19-6-2-1-3-7-19)20-9-17-10-21(24)12-18(11-20)23(17)28/h1-8,14,17-18,20-21,23,28H,9-13,15H2,(H,26,27). The molecule has 4 aliphatic rings. The normalized spacial score (nSPS) is 35.7. The minimum atomic E-state index is -0.124. The molecular formula is C24H28N2O2. The molecule has 6 rings (SSSR count). The van der Waals surface area contributed by atoms with Crippen molar-refractivity contribution in [1.29, 1.82) is 0 Å². The first-order chi connectivity index (χ1) is 13.7. The summed E-state index contributed by atoms with van der Waals surface area (Å²) in [6.07, 6.45) is 8.19. The smallest absolute Gasteiger partial charge is 0.221 e. The van der Waals surface area contributed by atoms with Gasteiger partial charge in [-0.1, -0.05) is 36.4 Å². The Morgan fingerprint density at radius 3 is 2.32 bits per heavy atom. The molecule has 28 heavy (non-hydrogen) atoms. The molecule has 1 heterocycles. The fourth-order valence-electron chi connectivity index (χ4n) is 6.61. The highest BCUT2D eigenvalue weighted by atomic mass is 16.3. The van der Waals surface area contributed by atoms with Crippen molar-refractivity contribution < 1.29 is 9.90 Å². The van der Waals surface area contributed by atoms with Crippen LogP contribution in [0.1, 0.15) is 43.2 Å². The Labute approximate surface area is 166 Å². The zero-order chi connectivity index (χ0) is 19.1. The average molecular weight is 376 g/mol. The van der Waals surface area contributed by atoms with Crippen molar-refractivity contribution in [2.24, 2.45) is 23.7 Å². The second-order valence-electron chi connectivity index (χ2n) is 9.07. The minimum absolute atomic E-state index is 0.0899. The molecule has 0 atom stereocenters. The van der Waals surface area contributed by atoms with Crippen LogP contribution in [-0.4, -0.2) is 22.1 Å². The summed E-state index contributed by atoms with van der Waals surface area (Å²) < 4.78 is 0. The molecule has 4 fully saturated rings. The molecule has 1 amide bonds. The van der Waals surface area contributed by atoms with Gasteiger partial charge in [0.05, 0.1) is 6.10 Å². The Kier molecular flexibility index (Phi) is 4.47. The van der Waals surface area contributed by atoms with Gasteiger partial charge in [-0.25, -0.2) is 0 Å². The Bertz CT molecular complexity index is 806. The number of aliphatic hydroxyl groups is 1. The van der Waals surface area contributed by atoms with Gasteiger partial charge in [0.2, 0.25) is 5.91 Å². The molecule has 0 aliphatic heterocycles. The third kappa shape index (κ3) is 2.86. The Morgan fingerprint density at radius 1 is 1.04 bits per heavy atom. The van der Waals surface area contributed by atoms with E-state index in [4.69, 9.17) is 0 Å². The van der Waals surface area contributed by atoms with Crippen LogP contribution in [0.3, 0.4) is 0 Å². The highest BCUT2D eigenvalue weighted by Gasteiger charge is 2.60. The first kappa shape index (κ1) is 17.9. The third-order valence-corrected chi connectivity index (χ3v) is 7.75. The Morgan fingerprint density at radius 2 is 1.71 bits per heavy atom. The SMILES string of the molecule is O=C(CC1(c2ccccc2)C2CC3CC1CC(C2)C3O)NCc1cccnc1. The number of carbonyl (C=O) groups excluding carboxylic acids is 1. The summed E-state index contributed by atoms with van der Waals surface area (Å²) in [4.78, 5) is 17.2. The first-order valence-corrected chi connectivity index (χ1v) is 10.6. The fourth-order valence-corrected chi connectivity index (χ4v) is 6.61. The molecule has 2 aromatic rings. The third-order valence-electron chi connectivity index (χ3n) is 7.75. The summed E-state index contributed by atoms with van der Waals surface area (Å²) >= 11 is 0. The van der Waals surface area contributed by atoms with E-state index < -0.39 is 0 Å². The van der Waals surface area contributed by atoms with Gasteiger partial charge in [0.25, 0.3) is 0 Å². The predicted molar refractivity (Wildman–Crippen MR) is 107 cm³/mol. The summed E-state index contributed by atoms with van der Waals surface area (Å²) in [5.41, 5.74) is 2.25. The van der Waals surface area contributed by atoms with E-state index in [1.54, 1.807) is 12.4 Å². The molecule has 4 bridgehead atoms. The average Bonchev–Trinajstić information content (AvgIpc) is 2.72. The number of rotatable bonds is 5. The van der Waals surface area contributed by atoms with Crippen molar-refractivity contribution in [3.05, 3.63) is 66.0 Å². The number of aromatic nitrogens is 1. The van der Waals surface area contributed by atoms with Crippen LogP contribution >= 0.6 is 0 Å². The summed E-state index contributed by atoms with van der Waals surface area (Å²) in [5, 5.41) is 13.7. The van der Waals surface area contributed by atoms with E-state index in [-0.39, 0.29) is 17.4 Å². The molecule has 4 heteroatoms. The van der Waals surface area contributed by atoms with Crippen molar-refractivity contribution in [2.75, 3.05) is 0 Å². The van der Waals surface area contributed by atoms with Crippen LogP contribution in [0.25, 0.3) is 0 Å². The summed E-state index contributed by atoms with van der Waals surface area (Å²) in [6.45, 7) is 0.525. The van der Waals surface area contributed by atoms with Crippen molar-refractivity contribution in [1.82, 2.24) is 10.3 Å². The quantitative estimate of drug-likeness (QED) is 0.840. The second kappa shape index (κ2) is 7.00. The van der Waals surface area contributed by atoms with Crippen LogP contribution in [0.5, 0.6) is 0 Å². The Hall–Kier alpha value is -2.20. The van der Waals surface area contributed by atoms with Crippen LogP contribution in [-0.2, 0) is 16.8 Å². The zero-order valence-corrected chi connectivity index (χ0v) is 16.1. The van der Waals surface area contributed by atoms with Crippen LogP contribution in [0, 0.1) is 23.7 Å². The lowest BCUT2D eigenvalue weighted by molar-refractivity contribution is -0.147. The number of pyridine rings is 1. The largest absolute Gasteiger partial charge is 0.393 e. The molecule has 146 valence electrons. The zero-order valence-electron chi connectivity index (χ0n) is 16.1. The van der Waals surface area contributed by atoms with Crippen molar-refractivity contribution in [3.63, 3.8) is 0 Å². The topological polar surface area (TPSA) is 62.2 Å². The number of hydrogen-bond acceptors (Lipinski definition) is 3. The van der Waals surface area contributed by atoms with Gasteiger partial charge in [0.1, 0.15) is 0 Å². The molecule has 0 spiro atoms. The number of hydrogen-bond donors (Lipinski definition) is 2. The molecule has 4 saturated carbocycles. The van der Waals surface area contributed by atoms with E-state index in [0.717, 1.165) is 31.2 Å². The van der Waals surface area contributed by atoms with E-state index in [9.17, 15) is 9.90 Å². The lowest BCUT2D eigenvalue weighted by atomic mass is 9.42. The van der Waals surface area contributed by atoms with Crippen LogP contribution in [0.2, 0.25) is 0 Å². The van der Waals surface area contributed by atoms with Crippen LogP contribution < -0.4 is 5.32 Å². The van der Waals surface area contributed by atoms with E-state index in [1.807, 2.05) is 12.1 Å². The van der Waals surface area contributed by atoms with Gasteiger partial charge in [-0.15, -0.1) is 0 Å². The Balaban J connectivity index is 1.41. The monoisotopic (exact) mass is 376 g/mol. The van der Waals surface area contributed by atoms with Gasteiger partial charge < -0.3 is 10.4 Å². The van der Waals surface area contributed by atoms with E-state index in [0.29, 0.717) is 36.6 Å². The lowest BCUT2D eigenvalue weighted by Gasteiger charge is -2.63. The summed E-state index contributed by atoms with van der Waals surface area (Å²) in [7, 11) is 0. The molecular weight excluding hydrogens is 348 g/mol. The van der Waals surface area contributed by atoms with Gasteiger partial charge in [-0.3, -0.25) is 9.78 Å².